The van der Waals surface area contributed by atoms with Crippen LogP contribution in [0, 0.1) is 0 Å². The van der Waals surface area contributed by atoms with Crippen LogP contribution in [-0.4, -0.2) is 31.6 Å². The van der Waals surface area contributed by atoms with E-state index in [1.807, 2.05) is 19.1 Å². The first-order chi connectivity index (χ1) is 11.0. The van der Waals surface area contributed by atoms with Crippen LogP contribution in [0.25, 0.3) is 6.08 Å². The van der Waals surface area contributed by atoms with Gasteiger partial charge >= 0.3 is 0 Å². The zero-order chi connectivity index (χ0) is 16.8. The lowest BCUT2D eigenvalue weighted by Gasteiger charge is -2.19. The molecule has 4 nitrogen and oxygen atoms in total. The molecular formula is C17H22Cl2N2O2. The van der Waals surface area contributed by atoms with Crippen molar-refractivity contribution in [1.29, 1.82) is 0 Å². The summed E-state index contributed by atoms with van der Waals surface area (Å²) in [6.45, 7) is 5.84. The predicted octanol–water partition coefficient (Wildman–Crippen LogP) is 3.66. The number of ether oxygens (including phenoxy) is 1. The number of rotatable bonds is 7. The van der Waals surface area contributed by atoms with Crippen LogP contribution in [0.15, 0.2) is 17.7 Å². The molecule has 1 amide bonds. The van der Waals surface area contributed by atoms with E-state index < -0.39 is 0 Å². The summed E-state index contributed by atoms with van der Waals surface area (Å²) in [4.78, 5) is 11.7. The van der Waals surface area contributed by atoms with E-state index in [0.29, 0.717) is 41.9 Å². The summed E-state index contributed by atoms with van der Waals surface area (Å²) in [7, 11) is 0. The highest BCUT2D eigenvalue weighted by atomic mass is 35.5. The molecule has 126 valence electrons. The second kappa shape index (κ2) is 8.57. The number of fused-ring (bicyclic) bond motifs is 1. The summed E-state index contributed by atoms with van der Waals surface area (Å²) < 4.78 is 5.69. The fourth-order valence-electron chi connectivity index (χ4n) is 2.27. The SMILES string of the molecule is CCC(C)NC(=O)CCNCC1=Cc2cc(Cl)cc(Cl)c2OC1. The van der Waals surface area contributed by atoms with Gasteiger partial charge < -0.3 is 15.4 Å². The van der Waals surface area contributed by atoms with Gasteiger partial charge in [0, 0.05) is 36.1 Å². The van der Waals surface area contributed by atoms with Crippen molar-refractivity contribution in [1.82, 2.24) is 10.6 Å². The van der Waals surface area contributed by atoms with Crippen LogP contribution in [0.5, 0.6) is 5.75 Å². The zero-order valence-corrected chi connectivity index (χ0v) is 14.9. The van der Waals surface area contributed by atoms with Gasteiger partial charge in [-0.2, -0.15) is 0 Å². The standard InChI is InChI=1S/C17H22Cl2N2O2/c1-3-11(2)21-16(22)4-5-20-9-12-6-13-7-14(18)8-15(19)17(13)23-10-12/h6-8,11,20H,3-5,9-10H2,1-2H3,(H,21,22). The van der Waals surface area contributed by atoms with E-state index in [1.165, 1.54) is 0 Å². The van der Waals surface area contributed by atoms with E-state index >= 15 is 0 Å². The van der Waals surface area contributed by atoms with Crippen LogP contribution < -0.4 is 15.4 Å². The predicted molar refractivity (Wildman–Crippen MR) is 95.3 cm³/mol. The Morgan fingerprint density at radius 3 is 2.91 bits per heavy atom. The molecule has 2 rings (SSSR count). The summed E-state index contributed by atoms with van der Waals surface area (Å²) in [5, 5.41) is 7.32. The van der Waals surface area contributed by atoms with E-state index in [0.717, 1.165) is 17.6 Å². The molecule has 1 aliphatic rings. The fourth-order valence-corrected chi connectivity index (χ4v) is 2.83. The largest absolute Gasteiger partial charge is 0.487 e. The van der Waals surface area contributed by atoms with Crippen LogP contribution in [-0.2, 0) is 4.79 Å². The lowest BCUT2D eigenvalue weighted by atomic mass is 10.1. The highest BCUT2D eigenvalue weighted by Gasteiger charge is 2.15. The highest BCUT2D eigenvalue weighted by Crippen LogP contribution is 2.36. The molecule has 6 heteroatoms. The number of carbonyl (C=O) groups is 1. The Morgan fingerprint density at radius 2 is 2.17 bits per heavy atom. The second-order valence-electron chi connectivity index (χ2n) is 5.70. The summed E-state index contributed by atoms with van der Waals surface area (Å²) in [6.07, 6.45) is 3.43. The maximum atomic E-state index is 11.7. The van der Waals surface area contributed by atoms with Crippen molar-refractivity contribution in [2.24, 2.45) is 0 Å². The topological polar surface area (TPSA) is 50.4 Å². The molecule has 1 unspecified atom stereocenters. The van der Waals surface area contributed by atoms with Crippen molar-refractivity contribution in [3.05, 3.63) is 33.3 Å². The monoisotopic (exact) mass is 356 g/mol. The lowest BCUT2D eigenvalue weighted by Crippen LogP contribution is -2.34. The molecule has 0 saturated heterocycles. The van der Waals surface area contributed by atoms with Crippen molar-refractivity contribution < 1.29 is 9.53 Å². The number of nitrogens with one attached hydrogen (secondary N) is 2. The van der Waals surface area contributed by atoms with Gasteiger partial charge in [-0.05, 0) is 37.1 Å². The van der Waals surface area contributed by atoms with Crippen molar-refractivity contribution in [2.45, 2.75) is 32.7 Å². The molecule has 1 aromatic carbocycles. The Bertz CT molecular complexity index is 603. The Balaban J connectivity index is 1.81. The first-order valence-electron chi connectivity index (χ1n) is 7.81. The molecule has 23 heavy (non-hydrogen) atoms. The number of amides is 1. The van der Waals surface area contributed by atoms with Gasteiger partial charge in [0.1, 0.15) is 12.4 Å². The molecule has 0 spiro atoms. The average Bonchev–Trinajstić information content (AvgIpc) is 2.50. The van der Waals surface area contributed by atoms with E-state index in [-0.39, 0.29) is 11.9 Å². The molecule has 0 fully saturated rings. The summed E-state index contributed by atoms with van der Waals surface area (Å²) in [5.74, 6) is 0.748. The molecule has 1 heterocycles. The quantitative estimate of drug-likeness (QED) is 0.733. The summed E-state index contributed by atoms with van der Waals surface area (Å²) >= 11 is 12.1. The van der Waals surface area contributed by atoms with Crippen LogP contribution in [0.1, 0.15) is 32.3 Å². The average molecular weight is 357 g/mol. The van der Waals surface area contributed by atoms with Gasteiger partial charge in [0.2, 0.25) is 5.91 Å². The van der Waals surface area contributed by atoms with E-state index in [4.69, 9.17) is 27.9 Å². The van der Waals surface area contributed by atoms with Gasteiger partial charge in [-0.1, -0.05) is 30.1 Å². The third kappa shape index (κ3) is 5.41. The smallest absolute Gasteiger partial charge is 0.221 e. The molecule has 0 bridgehead atoms. The molecule has 2 N–H and O–H groups in total. The van der Waals surface area contributed by atoms with Crippen LogP contribution in [0.2, 0.25) is 10.0 Å². The fraction of sp³-hybridized carbons (Fsp3) is 0.471. The van der Waals surface area contributed by atoms with Crippen molar-refractivity contribution in [3.8, 4) is 5.75 Å². The Labute approximate surface area is 147 Å². The van der Waals surface area contributed by atoms with Crippen molar-refractivity contribution >= 4 is 35.2 Å². The number of halogens is 2. The number of hydrogen-bond acceptors (Lipinski definition) is 3. The van der Waals surface area contributed by atoms with Gasteiger partial charge in [0.05, 0.1) is 5.02 Å². The normalized spacial score (nSPS) is 14.5. The molecule has 1 aromatic rings. The van der Waals surface area contributed by atoms with Gasteiger partial charge in [-0.25, -0.2) is 0 Å². The lowest BCUT2D eigenvalue weighted by molar-refractivity contribution is -0.121. The van der Waals surface area contributed by atoms with Crippen LogP contribution in [0.3, 0.4) is 0 Å². The first kappa shape index (κ1) is 18.1. The number of hydrogen-bond donors (Lipinski definition) is 2. The molecule has 1 aliphatic heterocycles. The molecule has 0 aromatic heterocycles. The molecular weight excluding hydrogens is 335 g/mol. The first-order valence-corrected chi connectivity index (χ1v) is 8.56. The molecule has 0 radical (unpaired) electrons. The Morgan fingerprint density at radius 1 is 1.39 bits per heavy atom. The van der Waals surface area contributed by atoms with Gasteiger partial charge in [0.25, 0.3) is 0 Å². The third-order valence-corrected chi connectivity index (χ3v) is 4.20. The Kier molecular flexibility index (Phi) is 6.75. The van der Waals surface area contributed by atoms with Gasteiger partial charge in [-0.15, -0.1) is 0 Å². The number of carbonyl (C=O) groups excluding carboxylic acids is 1. The minimum atomic E-state index is 0.0737. The van der Waals surface area contributed by atoms with Gasteiger partial charge in [-0.3, -0.25) is 4.79 Å². The van der Waals surface area contributed by atoms with Gasteiger partial charge in [0.15, 0.2) is 0 Å². The zero-order valence-electron chi connectivity index (χ0n) is 13.4. The van der Waals surface area contributed by atoms with E-state index in [2.05, 4.69) is 17.6 Å². The maximum Gasteiger partial charge on any atom is 0.221 e. The van der Waals surface area contributed by atoms with Crippen molar-refractivity contribution in [3.63, 3.8) is 0 Å². The minimum Gasteiger partial charge on any atom is -0.487 e. The second-order valence-corrected chi connectivity index (χ2v) is 6.54. The molecule has 0 saturated carbocycles. The highest BCUT2D eigenvalue weighted by molar-refractivity contribution is 6.36. The maximum absolute atomic E-state index is 11.7. The minimum absolute atomic E-state index is 0.0737. The van der Waals surface area contributed by atoms with Crippen LogP contribution >= 0.6 is 23.2 Å². The van der Waals surface area contributed by atoms with E-state index in [1.54, 1.807) is 6.07 Å². The number of benzene rings is 1. The third-order valence-electron chi connectivity index (χ3n) is 3.70. The van der Waals surface area contributed by atoms with Crippen molar-refractivity contribution in [2.75, 3.05) is 19.7 Å². The summed E-state index contributed by atoms with van der Waals surface area (Å²) in [6, 6.07) is 3.74. The van der Waals surface area contributed by atoms with E-state index in [9.17, 15) is 4.79 Å². The molecule has 1 atom stereocenters. The van der Waals surface area contributed by atoms with Crippen LogP contribution in [0.4, 0.5) is 0 Å². The molecule has 0 aliphatic carbocycles. The Hall–Kier alpha value is -1.23. The summed E-state index contributed by atoms with van der Waals surface area (Å²) in [5.41, 5.74) is 1.98.